The first-order chi connectivity index (χ1) is 9.88. The van der Waals surface area contributed by atoms with Crippen molar-refractivity contribution in [2.75, 3.05) is 12.3 Å². The summed E-state index contributed by atoms with van der Waals surface area (Å²) in [5, 5.41) is 0. The lowest BCUT2D eigenvalue weighted by Crippen LogP contribution is -2.31. The number of hydrogen-bond acceptors (Lipinski definition) is 3. The first-order valence-electron chi connectivity index (χ1n) is 7.12. The molecule has 0 unspecified atom stereocenters. The van der Waals surface area contributed by atoms with Gasteiger partial charge in [-0.15, -0.1) is 0 Å². The van der Waals surface area contributed by atoms with E-state index in [2.05, 4.69) is 4.72 Å². The smallest absolute Gasteiger partial charge is 0.243 e. The van der Waals surface area contributed by atoms with Gasteiger partial charge >= 0.3 is 0 Å². The molecule has 0 spiro atoms. The van der Waals surface area contributed by atoms with Gasteiger partial charge in [-0.3, -0.25) is 0 Å². The zero-order valence-corrected chi connectivity index (χ0v) is 12.3. The maximum absolute atomic E-state index is 13.7. The van der Waals surface area contributed by atoms with Crippen LogP contribution in [-0.4, -0.2) is 15.0 Å². The third-order valence-electron chi connectivity index (χ3n) is 4.30. The Morgan fingerprint density at radius 1 is 1.14 bits per heavy atom. The first-order valence-corrected chi connectivity index (χ1v) is 8.61. The van der Waals surface area contributed by atoms with Gasteiger partial charge in [-0.1, -0.05) is 0 Å². The number of halogens is 2. The van der Waals surface area contributed by atoms with Gasteiger partial charge in [0.25, 0.3) is 0 Å². The monoisotopic (exact) mass is 316 g/mol. The second kappa shape index (κ2) is 5.21. The molecule has 0 aromatic heterocycles. The quantitative estimate of drug-likeness (QED) is 0.791. The highest BCUT2D eigenvalue weighted by atomic mass is 32.2. The second-order valence-electron chi connectivity index (χ2n) is 5.99. The SMILES string of the molecule is Nc1cc(S(=O)(=O)NCC(C2CC2)C2CC2)c(F)cc1F. The van der Waals surface area contributed by atoms with Crippen LogP contribution < -0.4 is 10.5 Å². The molecule has 116 valence electrons. The van der Waals surface area contributed by atoms with Gasteiger partial charge < -0.3 is 5.73 Å². The molecule has 0 bridgehead atoms. The molecule has 0 heterocycles. The number of anilines is 1. The normalized spacial score (nSPS) is 19.2. The van der Waals surface area contributed by atoms with Crippen LogP contribution in [0, 0.1) is 29.4 Å². The number of rotatable bonds is 6. The van der Waals surface area contributed by atoms with Gasteiger partial charge in [-0.05, 0) is 49.5 Å². The lowest BCUT2D eigenvalue weighted by atomic mass is 9.99. The summed E-state index contributed by atoms with van der Waals surface area (Å²) >= 11 is 0. The number of nitrogens with two attached hydrogens (primary N) is 1. The van der Waals surface area contributed by atoms with Gasteiger partial charge in [0.15, 0.2) is 0 Å². The minimum absolute atomic E-state index is 0.314. The minimum atomic E-state index is -4.01. The number of benzene rings is 1. The fraction of sp³-hybridized carbons (Fsp3) is 0.571. The van der Waals surface area contributed by atoms with E-state index in [-0.39, 0.29) is 5.69 Å². The molecule has 4 nitrogen and oxygen atoms in total. The fourth-order valence-corrected chi connectivity index (χ4v) is 3.97. The van der Waals surface area contributed by atoms with Gasteiger partial charge in [-0.2, -0.15) is 0 Å². The number of sulfonamides is 1. The van der Waals surface area contributed by atoms with Crippen LogP contribution in [0.4, 0.5) is 14.5 Å². The largest absolute Gasteiger partial charge is 0.396 e. The van der Waals surface area contributed by atoms with E-state index in [1.807, 2.05) is 0 Å². The van der Waals surface area contributed by atoms with Crippen LogP contribution in [0.3, 0.4) is 0 Å². The van der Waals surface area contributed by atoms with Crippen LogP contribution in [0.5, 0.6) is 0 Å². The Morgan fingerprint density at radius 2 is 1.71 bits per heavy atom. The summed E-state index contributed by atoms with van der Waals surface area (Å²) in [7, 11) is -4.01. The first kappa shape index (κ1) is 14.7. The van der Waals surface area contributed by atoms with E-state index >= 15 is 0 Å². The molecule has 2 aliphatic rings. The molecule has 3 N–H and O–H groups in total. The Balaban J connectivity index is 1.75. The Bertz CT molecular complexity index is 643. The van der Waals surface area contributed by atoms with Crippen LogP contribution in [0.2, 0.25) is 0 Å². The summed E-state index contributed by atoms with van der Waals surface area (Å²) in [6.07, 6.45) is 4.56. The minimum Gasteiger partial charge on any atom is -0.396 e. The molecular weight excluding hydrogens is 298 g/mol. The van der Waals surface area contributed by atoms with Gasteiger partial charge in [0.2, 0.25) is 10.0 Å². The van der Waals surface area contributed by atoms with Crippen molar-refractivity contribution in [1.82, 2.24) is 4.72 Å². The van der Waals surface area contributed by atoms with E-state index in [1.54, 1.807) is 0 Å². The molecule has 2 saturated carbocycles. The van der Waals surface area contributed by atoms with E-state index in [4.69, 9.17) is 5.73 Å². The fourth-order valence-electron chi connectivity index (χ4n) is 2.80. The van der Waals surface area contributed by atoms with Crippen molar-refractivity contribution >= 4 is 15.7 Å². The number of hydrogen-bond donors (Lipinski definition) is 2. The molecule has 7 heteroatoms. The van der Waals surface area contributed by atoms with E-state index in [1.165, 1.54) is 0 Å². The Kier molecular flexibility index (Phi) is 3.65. The summed E-state index contributed by atoms with van der Waals surface area (Å²) in [5.74, 6) is -0.573. The van der Waals surface area contributed by atoms with Gasteiger partial charge in [0, 0.05) is 12.6 Å². The highest BCUT2D eigenvalue weighted by molar-refractivity contribution is 7.89. The Morgan fingerprint density at radius 3 is 2.24 bits per heavy atom. The van der Waals surface area contributed by atoms with Crippen molar-refractivity contribution in [2.24, 2.45) is 17.8 Å². The highest BCUT2D eigenvalue weighted by Crippen LogP contribution is 2.48. The maximum atomic E-state index is 13.7. The van der Waals surface area contributed by atoms with E-state index in [0.717, 1.165) is 31.7 Å². The molecule has 0 aliphatic heterocycles. The van der Waals surface area contributed by atoms with Crippen LogP contribution in [0.1, 0.15) is 25.7 Å². The van der Waals surface area contributed by atoms with Crippen molar-refractivity contribution in [3.63, 3.8) is 0 Å². The molecule has 2 aliphatic carbocycles. The van der Waals surface area contributed by atoms with Crippen molar-refractivity contribution in [2.45, 2.75) is 30.6 Å². The zero-order chi connectivity index (χ0) is 15.2. The molecule has 0 amide bonds. The van der Waals surface area contributed by atoms with Crippen LogP contribution in [0.25, 0.3) is 0 Å². The lowest BCUT2D eigenvalue weighted by Gasteiger charge is -2.16. The third kappa shape index (κ3) is 3.18. The summed E-state index contributed by atoms with van der Waals surface area (Å²) in [5.41, 5.74) is 4.95. The van der Waals surface area contributed by atoms with Crippen LogP contribution in [0.15, 0.2) is 17.0 Å². The van der Waals surface area contributed by atoms with E-state index < -0.39 is 26.6 Å². The third-order valence-corrected chi connectivity index (χ3v) is 5.74. The highest BCUT2D eigenvalue weighted by Gasteiger charge is 2.41. The molecule has 1 aromatic rings. The van der Waals surface area contributed by atoms with Gasteiger partial charge in [0.1, 0.15) is 16.5 Å². The maximum Gasteiger partial charge on any atom is 0.243 e. The van der Waals surface area contributed by atoms with Crippen LogP contribution >= 0.6 is 0 Å². The molecule has 21 heavy (non-hydrogen) atoms. The van der Waals surface area contributed by atoms with E-state index in [9.17, 15) is 17.2 Å². The van der Waals surface area contributed by atoms with Gasteiger partial charge in [0.05, 0.1) is 5.69 Å². The topological polar surface area (TPSA) is 72.2 Å². The predicted octanol–water partition coefficient (Wildman–Crippen LogP) is 2.26. The molecule has 0 atom stereocenters. The average molecular weight is 316 g/mol. The molecule has 2 fully saturated rings. The molecule has 0 saturated heterocycles. The van der Waals surface area contributed by atoms with E-state index in [0.29, 0.717) is 30.4 Å². The van der Waals surface area contributed by atoms with Crippen molar-refractivity contribution in [1.29, 1.82) is 0 Å². The number of nitrogens with one attached hydrogen (secondary N) is 1. The molecule has 0 radical (unpaired) electrons. The second-order valence-corrected chi connectivity index (χ2v) is 7.73. The predicted molar refractivity (Wildman–Crippen MR) is 74.9 cm³/mol. The van der Waals surface area contributed by atoms with Crippen molar-refractivity contribution in [3.05, 3.63) is 23.8 Å². The average Bonchev–Trinajstić information content (AvgIpc) is 3.25. The molecular formula is C14H18F2N2O2S. The van der Waals surface area contributed by atoms with Gasteiger partial charge in [-0.25, -0.2) is 21.9 Å². The Labute approximate surface area is 122 Å². The Hall–Kier alpha value is -1.21. The summed E-state index contributed by atoms with van der Waals surface area (Å²) < 4.78 is 53.6. The molecule has 3 rings (SSSR count). The van der Waals surface area contributed by atoms with Crippen molar-refractivity contribution in [3.8, 4) is 0 Å². The van der Waals surface area contributed by atoms with Crippen molar-refractivity contribution < 1.29 is 17.2 Å². The lowest BCUT2D eigenvalue weighted by molar-refractivity contribution is 0.401. The summed E-state index contributed by atoms with van der Waals surface area (Å²) in [4.78, 5) is -0.591. The molecule has 1 aromatic carbocycles. The summed E-state index contributed by atoms with van der Waals surface area (Å²) in [6, 6.07) is 1.33. The summed E-state index contributed by atoms with van der Waals surface area (Å²) in [6.45, 7) is 0.314. The standard InChI is InChI=1S/C14H18F2N2O2S/c15-11-5-12(16)14(6-13(11)17)21(19,20)18-7-10(8-1-2-8)9-3-4-9/h5-6,8-10,18H,1-4,7,17H2. The zero-order valence-electron chi connectivity index (χ0n) is 11.5. The number of nitrogen functional groups attached to an aromatic ring is 1. The van der Waals surface area contributed by atoms with Crippen LogP contribution in [-0.2, 0) is 10.0 Å².